The summed E-state index contributed by atoms with van der Waals surface area (Å²) in [7, 11) is 0. The maximum atomic E-state index is 14.0. The molecule has 1 aliphatic heterocycles. The number of aromatic amines is 2. The Kier molecular flexibility index (Phi) is 6.88. The molecule has 0 amide bonds. The summed E-state index contributed by atoms with van der Waals surface area (Å²) in [5.74, 6) is -0.455. The van der Waals surface area contributed by atoms with Crippen LogP contribution >= 0.6 is 0 Å². The van der Waals surface area contributed by atoms with Gasteiger partial charge >= 0.3 is 0 Å². The third-order valence-electron chi connectivity index (χ3n) is 8.88. The SMILES string of the molecule is Cc1[nH]c2ccccc2c1[C@H](c1ccc(F)cc1)N1CCN([C@@H](c2ccc(F)cc2)c2c(C)[nH]c3ccccc23)CC1. The molecule has 4 aromatic carbocycles. The van der Waals surface area contributed by atoms with Gasteiger partial charge in [0.15, 0.2) is 0 Å². The fourth-order valence-corrected chi connectivity index (χ4v) is 6.97. The Morgan fingerprint density at radius 1 is 0.524 bits per heavy atom. The number of rotatable bonds is 6. The molecule has 2 aromatic heterocycles. The van der Waals surface area contributed by atoms with Crippen molar-refractivity contribution < 1.29 is 8.78 Å². The number of hydrogen-bond donors (Lipinski definition) is 2. The van der Waals surface area contributed by atoms with Crippen LogP contribution in [0.5, 0.6) is 0 Å². The van der Waals surface area contributed by atoms with Crippen molar-refractivity contribution in [1.82, 2.24) is 19.8 Å². The lowest BCUT2D eigenvalue weighted by molar-refractivity contribution is 0.0902. The quantitative estimate of drug-likeness (QED) is 0.216. The number of piperazine rings is 1. The first-order valence-electron chi connectivity index (χ1n) is 14.6. The Morgan fingerprint density at radius 3 is 1.26 bits per heavy atom. The van der Waals surface area contributed by atoms with E-state index in [-0.39, 0.29) is 23.7 Å². The predicted octanol–water partition coefficient (Wildman–Crippen LogP) is 8.04. The topological polar surface area (TPSA) is 38.1 Å². The Bertz CT molecular complexity index is 1710. The van der Waals surface area contributed by atoms with E-state index in [9.17, 15) is 8.78 Å². The normalized spacial score (nSPS) is 16.3. The van der Waals surface area contributed by atoms with E-state index in [1.54, 1.807) is 24.3 Å². The van der Waals surface area contributed by atoms with Gasteiger partial charge in [0.05, 0.1) is 12.1 Å². The summed E-state index contributed by atoms with van der Waals surface area (Å²) in [6.07, 6.45) is 0. The van der Waals surface area contributed by atoms with E-state index in [1.807, 2.05) is 24.3 Å². The molecule has 1 fully saturated rings. The molecule has 0 saturated carbocycles. The number of H-pyrrole nitrogens is 2. The lowest BCUT2D eigenvalue weighted by Crippen LogP contribution is -2.49. The van der Waals surface area contributed by atoms with Gasteiger partial charge in [-0.3, -0.25) is 9.80 Å². The first-order valence-corrected chi connectivity index (χ1v) is 14.6. The molecule has 6 heteroatoms. The van der Waals surface area contributed by atoms with Crippen LogP contribution in [0.1, 0.15) is 45.7 Å². The summed E-state index contributed by atoms with van der Waals surface area (Å²) in [6.45, 7) is 7.60. The lowest BCUT2D eigenvalue weighted by atomic mass is 9.92. The number of para-hydroxylation sites is 2. The van der Waals surface area contributed by atoms with Gasteiger partial charge in [0.1, 0.15) is 11.6 Å². The third-order valence-corrected chi connectivity index (χ3v) is 8.88. The first-order chi connectivity index (χ1) is 20.5. The van der Waals surface area contributed by atoms with Crippen molar-refractivity contribution in [2.45, 2.75) is 25.9 Å². The van der Waals surface area contributed by atoms with E-state index in [1.165, 1.54) is 21.9 Å². The van der Waals surface area contributed by atoms with Crippen molar-refractivity contribution in [2.75, 3.05) is 26.2 Å². The summed E-state index contributed by atoms with van der Waals surface area (Å²) >= 11 is 0. The van der Waals surface area contributed by atoms with E-state index in [2.05, 4.69) is 82.1 Å². The molecule has 1 aliphatic rings. The zero-order valence-corrected chi connectivity index (χ0v) is 23.9. The van der Waals surface area contributed by atoms with Gasteiger partial charge in [0, 0.05) is 70.5 Å². The van der Waals surface area contributed by atoms with Gasteiger partial charge in [-0.05, 0) is 61.4 Å². The number of aryl methyl sites for hydroxylation is 2. The molecule has 0 aliphatic carbocycles. The maximum absolute atomic E-state index is 14.0. The van der Waals surface area contributed by atoms with Gasteiger partial charge in [-0.15, -0.1) is 0 Å². The number of halogens is 2. The molecular weight excluding hydrogens is 526 g/mol. The third kappa shape index (κ3) is 4.71. The van der Waals surface area contributed by atoms with Gasteiger partial charge in [-0.1, -0.05) is 60.7 Å². The molecule has 2 N–H and O–H groups in total. The average Bonchev–Trinajstić information content (AvgIpc) is 3.51. The molecule has 4 nitrogen and oxygen atoms in total. The first kappa shape index (κ1) is 26.6. The van der Waals surface area contributed by atoms with Crippen molar-refractivity contribution >= 4 is 21.8 Å². The maximum Gasteiger partial charge on any atom is 0.123 e. The second kappa shape index (κ2) is 10.9. The highest BCUT2D eigenvalue weighted by molar-refractivity contribution is 5.86. The summed E-state index contributed by atoms with van der Waals surface area (Å²) in [5.41, 5.74) is 9.14. The van der Waals surface area contributed by atoms with E-state index in [4.69, 9.17) is 0 Å². The van der Waals surface area contributed by atoms with Crippen molar-refractivity contribution in [2.24, 2.45) is 0 Å². The highest BCUT2D eigenvalue weighted by Crippen LogP contribution is 2.40. The van der Waals surface area contributed by atoms with Crippen LogP contribution in [0.3, 0.4) is 0 Å². The molecular formula is C36H34F2N4. The van der Waals surface area contributed by atoms with Crippen LogP contribution < -0.4 is 0 Å². The zero-order chi connectivity index (χ0) is 28.8. The second-order valence-corrected chi connectivity index (χ2v) is 11.4. The molecule has 212 valence electrons. The van der Waals surface area contributed by atoms with Crippen LogP contribution in [0.15, 0.2) is 97.1 Å². The molecule has 3 heterocycles. The van der Waals surface area contributed by atoms with Crippen molar-refractivity contribution in [3.8, 4) is 0 Å². The van der Waals surface area contributed by atoms with Gasteiger partial charge in [-0.2, -0.15) is 0 Å². The largest absolute Gasteiger partial charge is 0.358 e. The summed E-state index contributed by atoms with van der Waals surface area (Å²) in [4.78, 5) is 12.2. The van der Waals surface area contributed by atoms with Crippen molar-refractivity contribution in [3.63, 3.8) is 0 Å². The highest BCUT2D eigenvalue weighted by atomic mass is 19.1. The van der Waals surface area contributed by atoms with Crippen molar-refractivity contribution in [3.05, 3.63) is 142 Å². The predicted molar refractivity (Wildman–Crippen MR) is 166 cm³/mol. The summed E-state index contributed by atoms with van der Waals surface area (Å²) < 4.78 is 28.0. The minimum absolute atomic E-state index is 0.0111. The van der Waals surface area contributed by atoms with Crippen LogP contribution in [0.2, 0.25) is 0 Å². The fraction of sp³-hybridized carbons (Fsp3) is 0.222. The smallest absolute Gasteiger partial charge is 0.123 e. The van der Waals surface area contributed by atoms with E-state index in [0.29, 0.717) is 0 Å². The number of nitrogens with zero attached hydrogens (tertiary/aromatic N) is 2. The lowest BCUT2D eigenvalue weighted by Gasteiger charge is -2.43. The molecule has 1 saturated heterocycles. The Balaban J connectivity index is 1.26. The average molecular weight is 561 g/mol. The molecule has 0 radical (unpaired) electrons. The zero-order valence-electron chi connectivity index (χ0n) is 23.9. The van der Waals surface area contributed by atoms with Crippen LogP contribution in [-0.2, 0) is 0 Å². The summed E-state index contributed by atoms with van der Waals surface area (Å²) in [6, 6.07) is 30.7. The van der Waals surface area contributed by atoms with E-state index in [0.717, 1.165) is 59.7 Å². The molecule has 0 spiro atoms. The molecule has 2 atom stereocenters. The van der Waals surface area contributed by atoms with Gasteiger partial charge in [0.25, 0.3) is 0 Å². The Labute approximate surface area is 244 Å². The molecule has 0 unspecified atom stereocenters. The van der Waals surface area contributed by atoms with Crippen LogP contribution in [0.25, 0.3) is 21.8 Å². The Morgan fingerprint density at radius 2 is 0.881 bits per heavy atom. The standard InChI is InChI=1S/C36H34F2N4/c1-23-33(29-7-3-5-9-31(29)39-23)35(25-11-15-27(37)16-12-25)41-19-21-42(22-20-41)36(26-13-17-28(38)18-14-26)34-24(2)40-32-10-6-4-8-30(32)34/h3-18,35-36,39-40H,19-22H2,1-2H3/t35-,36-/m0/s1. The minimum Gasteiger partial charge on any atom is -0.358 e. The van der Waals surface area contributed by atoms with Crippen LogP contribution in [0.4, 0.5) is 8.78 Å². The van der Waals surface area contributed by atoms with E-state index >= 15 is 0 Å². The number of aromatic nitrogens is 2. The fourth-order valence-electron chi connectivity index (χ4n) is 6.97. The van der Waals surface area contributed by atoms with Crippen LogP contribution in [0, 0.1) is 25.5 Å². The van der Waals surface area contributed by atoms with E-state index < -0.39 is 0 Å². The number of benzene rings is 4. The van der Waals surface area contributed by atoms with Crippen molar-refractivity contribution in [1.29, 1.82) is 0 Å². The number of nitrogens with one attached hydrogen (secondary N) is 2. The van der Waals surface area contributed by atoms with Gasteiger partial charge in [-0.25, -0.2) is 8.78 Å². The second-order valence-electron chi connectivity index (χ2n) is 11.4. The number of fused-ring (bicyclic) bond motifs is 2. The number of hydrogen-bond acceptors (Lipinski definition) is 2. The highest BCUT2D eigenvalue weighted by Gasteiger charge is 2.34. The monoisotopic (exact) mass is 560 g/mol. The minimum atomic E-state index is -0.228. The van der Waals surface area contributed by atoms with Gasteiger partial charge in [0.2, 0.25) is 0 Å². The molecule has 6 aromatic rings. The molecule has 42 heavy (non-hydrogen) atoms. The Hall–Kier alpha value is -4.26. The summed E-state index contributed by atoms with van der Waals surface area (Å²) in [5, 5.41) is 2.40. The molecule has 7 rings (SSSR count). The van der Waals surface area contributed by atoms with Crippen LogP contribution in [-0.4, -0.2) is 45.9 Å². The van der Waals surface area contributed by atoms with Gasteiger partial charge < -0.3 is 9.97 Å². The molecule has 0 bridgehead atoms.